The van der Waals surface area contributed by atoms with Crippen molar-refractivity contribution in [1.82, 2.24) is 25.3 Å². The minimum Gasteiger partial charge on any atom is -0.496 e. The first-order chi connectivity index (χ1) is 15.8. The fourth-order valence-corrected chi connectivity index (χ4v) is 4.58. The maximum atomic E-state index is 5.81. The third-order valence-electron chi connectivity index (χ3n) is 6.08. The molecule has 4 heterocycles. The van der Waals surface area contributed by atoms with Gasteiger partial charge in [0.1, 0.15) is 28.7 Å². The van der Waals surface area contributed by atoms with E-state index in [0.29, 0.717) is 5.82 Å². The van der Waals surface area contributed by atoms with Gasteiger partial charge in [-0.3, -0.25) is 0 Å². The molecule has 0 spiro atoms. The monoisotopic (exact) mass is 445 g/mol. The van der Waals surface area contributed by atoms with E-state index < -0.39 is 0 Å². The Bertz CT molecular complexity index is 1490. The summed E-state index contributed by atoms with van der Waals surface area (Å²) in [6.07, 6.45) is 0.724. The molecule has 0 bridgehead atoms. The first-order valence-electron chi connectivity index (χ1n) is 11.1. The second-order valence-corrected chi connectivity index (χ2v) is 8.64. The number of aromatic amines is 1. The number of methoxy groups -OCH3 is 1. The predicted molar refractivity (Wildman–Crippen MR) is 127 cm³/mol. The van der Waals surface area contributed by atoms with Gasteiger partial charge in [-0.25, -0.2) is 9.97 Å². The number of hydrogen-bond donors (Lipinski definition) is 1. The van der Waals surface area contributed by atoms with Crippen molar-refractivity contribution in [2.75, 3.05) is 7.11 Å². The third-order valence-corrected chi connectivity index (χ3v) is 6.08. The minimum atomic E-state index is 0.195. The van der Waals surface area contributed by atoms with Gasteiger partial charge in [0.25, 0.3) is 0 Å². The number of aromatic nitrogens is 5. The topological polar surface area (TPSA) is 103 Å². The predicted octanol–water partition coefficient (Wildman–Crippen LogP) is 6.04. The van der Waals surface area contributed by atoms with Gasteiger partial charge in [0.15, 0.2) is 0 Å². The van der Waals surface area contributed by atoms with Gasteiger partial charge in [0, 0.05) is 22.9 Å². The van der Waals surface area contributed by atoms with E-state index in [1.165, 1.54) is 0 Å². The van der Waals surface area contributed by atoms with Gasteiger partial charge in [0.2, 0.25) is 0 Å². The number of aryl methyl sites for hydroxylation is 4. The van der Waals surface area contributed by atoms with E-state index in [0.717, 1.165) is 79.4 Å². The first-order valence-corrected chi connectivity index (χ1v) is 11.1. The van der Waals surface area contributed by atoms with Gasteiger partial charge < -0.3 is 18.8 Å². The van der Waals surface area contributed by atoms with Crippen molar-refractivity contribution in [2.24, 2.45) is 0 Å². The Labute approximate surface area is 191 Å². The van der Waals surface area contributed by atoms with Crippen molar-refractivity contribution in [1.29, 1.82) is 0 Å². The molecule has 8 nitrogen and oxygen atoms in total. The van der Waals surface area contributed by atoms with Crippen LogP contribution in [0.5, 0.6) is 5.75 Å². The van der Waals surface area contributed by atoms with Gasteiger partial charge in [-0.05, 0) is 38.8 Å². The lowest BCUT2D eigenvalue weighted by molar-refractivity contribution is 0.378. The van der Waals surface area contributed by atoms with Crippen molar-refractivity contribution < 1.29 is 13.8 Å². The number of hydrogen-bond acceptors (Lipinski definition) is 7. The highest BCUT2D eigenvalue weighted by Crippen LogP contribution is 2.43. The van der Waals surface area contributed by atoms with Crippen molar-refractivity contribution >= 4 is 21.9 Å². The molecule has 0 aliphatic carbocycles. The van der Waals surface area contributed by atoms with Crippen LogP contribution in [-0.4, -0.2) is 32.4 Å². The summed E-state index contributed by atoms with van der Waals surface area (Å²) >= 11 is 0. The summed E-state index contributed by atoms with van der Waals surface area (Å²) in [5.41, 5.74) is 7.06. The van der Waals surface area contributed by atoms with E-state index in [9.17, 15) is 0 Å². The van der Waals surface area contributed by atoms with Crippen LogP contribution in [0.4, 0.5) is 0 Å². The molecule has 0 unspecified atom stereocenters. The summed E-state index contributed by atoms with van der Waals surface area (Å²) < 4.78 is 16.9. The van der Waals surface area contributed by atoms with Crippen molar-refractivity contribution in [3.8, 4) is 28.1 Å². The van der Waals surface area contributed by atoms with Gasteiger partial charge in [-0.15, -0.1) is 0 Å². The fraction of sp³-hybridized carbons (Fsp3) is 0.360. The number of fused-ring (bicyclic) bond motifs is 3. The van der Waals surface area contributed by atoms with Crippen molar-refractivity contribution in [3.63, 3.8) is 0 Å². The normalized spacial score (nSPS) is 11.9. The van der Waals surface area contributed by atoms with Crippen molar-refractivity contribution in [2.45, 2.75) is 53.9 Å². The maximum Gasteiger partial charge on any atom is 0.146 e. The maximum absolute atomic E-state index is 5.81. The zero-order valence-corrected chi connectivity index (χ0v) is 20.0. The molecule has 8 heteroatoms. The second-order valence-electron chi connectivity index (χ2n) is 8.64. The van der Waals surface area contributed by atoms with Crippen molar-refractivity contribution in [3.05, 3.63) is 40.9 Å². The lowest BCUT2D eigenvalue weighted by Gasteiger charge is -2.10. The summed E-state index contributed by atoms with van der Waals surface area (Å²) in [6, 6.07) is 4.10. The van der Waals surface area contributed by atoms with E-state index >= 15 is 0 Å². The number of benzene rings is 1. The van der Waals surface area contributed by atoms with E-state index in [2.05, 4.69) is 42.1 Å². The van der Waals surface area contributed by atoms with E-state index in [1.807, 2.05) is 26.8 Å². The largest absolute Gasteiger partial charge is 0.496 e. The molecule has 1 aromatic carbocycles. The van der Waals surface area contributed by atoms with E-state index in [4.69, 9.17) is 23.8 Å². The molecular weight excluding hydrogens is 418 g/mol. The Kier molecular flexibility index (Phi) is 4.96. The smallest absolute Gasteiger partial charge is 0.146 e. The van der Waals surface area contributed by atoms with E-state index in [1.54, 1.807) is 7.11 Å². The lowest BCUT2D eigenvalue weighted by Crippen LogP contribution is -1.98. The van der Waals surface area contributed by atoms with Crippen LogP contribution < -0.4 is 4.74 Å². The lowest BCUT2D eigenvalue weighted by atomic mass is 9.96. The summed E-state index contributed by atoms with van der Waals surface area (Å²) in [7, 11) is 1.67. The summed E-state index contributed by atoms with van der Waals surface area (Å²) in [5.74, 6) is 3.18. The molecule has 0 saturated heterocycles. The Morgan fingerprint density at radius 2 is 1.82 bits per heavy atom. The molecule has 0 aliphatic heterocycles. The molecule has 33 heavy (non-hydrogen) atoms. The molecule has 0 atom stereocenters. The third kappa shape index (κ3) is 3.20. The van der Waals surface area contributed by atoms with Crippen LogP contribution in [0.25, 0.3) is 44.3 Å². The highest BCUT2D eigenvalue weighted by molar-refractivity contribution is 6.13. The van der Waals surface area contributed by atoms with Crippen LogP contribution in [0.1, 0.15) is 55.4 Å². The number of ether oxygens (including phenoxy) is 1. The molecule has 170 valence electrons. The molecule has 1 N–H and O–H groups in total. The molecule has 0 radical (unpaired) electrons. The molecule has 0 fully saturated rings. The Morgan fingerprint density at radius 1 is 1.03 bits per heavy atom. The van der Waals surface area contributed by atoms with Gasteiger partial charge in [0.05, 0.1) is 40.7 Å². The first kappa shape index (κ1) is 21.2. The Morgan fingerprint density at radius 3 is 2.45 bits per heavy atom. The van der Waals surface area contributed by atoms with Gasteiger partial charge in [-0.2, -0.15) is 0 Å². The summed E-state index contributed by atoms with van der Waals surface area (Å²) in [5, 5.41) is 10.4. The van der Waals surface area contributed by atoms with Crippen LogP contribution >= 0.6 is 0 Å². The zero-order chi connectivity index (χ0) is 23.4. The quantitative estimate of drug-likeness (QED) is 0.352. The SMILES string of the molecule is CCc1onc(C(C)C)c1-c1nc(C)nc2[nH]c3cc(-c4c(C)noc4C)c(OC)cc3c12. The van der Waals surface area contributed by atoms with Gasteiger partial charge in [-0.1, -0.05) is 31.1 Å². The molecule has 5 aromatic rings. The summed E-state index contributed by atoms with van der Waals surface area (Å²) in [4.78, 5) is 13.1. The van der Waals surface area contributed by atoms with Crippen LogP contribution in [0, 0.1) is 20.8 Å². The molecule has 4 aromatic heterocycles. The Hall–Kier alpha value is -3.68. The zero-order valence-electron chi connectivity index (χ0n) is 20.0. The highest BCUT2D eigenvalue weighted by atomic mass is 16.5. The van der Waals surface area contributed by atoms with E-state index in [-0.39, 0.29) is 5.92 Å². The second kappa shape index (κ2) is 7.72. The fourth-order valence-electron chi connectivity index (χ4n) is 4.58. The molecule has 5 rings (SSSR count). The number of H-pyrrole nitrogens is 1. The average molecular weight is 446 g/mol. The van der Waals surface area contributed by atoms with Crippen LogP contribution in [0.3, 0.4) is 0 Å². The number of nitrogens with one attached hydrogen (secondary N) is 1. The summed E-state index contributed by atoms with van der Waals surface area (Å²) in [6.45, 7) is 12.0. The molecule has 0 amide bonds. The van der Waals surface area contributed by atoms with Gasteiger partial charge >= 0.3 is 0 Å². The number of nitrogens with zero attached hydrogens (tertiary/aromatic N) is 4. The van der Waals surface area contributed by atoms with Crippen LogP contribution in [-0.2, 0) is 6.42 Å². The van der Waals surface area contributed by atoms with Crippen LogP contribution in [0.15, 0.2) is 21.2 Å². The number of rotatable bonds is 5. The highest BCUT2D eigenvalue weighted by Gasteiger charge is 2.26. The minimum absolute atomic E-state index is 0.195. The van der Waals surface area contributed by atoms with Crippen LogP contribution in [0.2, 0.25) is 0 Å². The standard InChI is InChI=1S/C25H27N5O3/c1-8-18-22(23(11(2)3)30-33-18)24-21-15-10-19(31-7)16(20-12(4)29-32-13(20)5)9-17(15)28-25(21)27-14(6)26-24/h9-11H,8H2,1-7H3,(H,26,27,28). The average Bonchev–Trinajstić information content (AvgIpc) is 3.46. The molecular formula is C25H27N5O3. The molecule has 0 aliphatic rings. The Balaban J connectivity index is 1.88. The molecule has 0 saturated carbocycles.